The van der Waals surface area contributed by atoms with Crippen LogP contribution in [0.5, 0.6) is 0 Å². The first-order chi connectivity index (χ1) is 36.2. The Morgan fingerprint density at radius 3 is 1.49 bits per heavy atom. The molecule has 0 fully saturated rings. The van der Waals surface area contributed by atoms with E-state index in [9.17, 15) is 0 Å². The summed E-state index contributed by atoms with van der Waals surface area (Å²) in [5.74, 6) is 0. The number of para-hydroxylation sites is 2. The van der Waals surface area contributed by atoms with E-state index in [1.165, 1.54) is 66.4 Å². The summed E-state index contributed by atoms with van der Waals surface area (Å²) < 4.78 is 6.45. The van der Waals surface area contributed by atoms with Crippen molar-refractivity contribution >= 4 is 49.8 Å². The van der Waals surface area contributed by atoms with Gasteiger partial charge in [0.1, 0.15) is 11.2 Å². The second-order valence-corrected chi connectivity index (χ2v) is 19.1. The van der Waals surface area contributed by atoms with Crippen molar-refractivity contribution in [3.8, 4) is 55.6 Å². The highest BCUT2D eigenvalue weighted by Crippen LogP contribution is 2.58. The largest absolute Gasteiger partial charge is 0.456 e. The van der Waals surface area contributed by atoms with Crippen LogP contribution in [-0.4, -0.2) is 0 Å². The van der Waals surface area contributed by atoms with E-state index in [1.54, 1.807) is 0 Å². The molecular weight excluding hydrogens is 883 g/mol. The quantitative estimate of drug-likeness (QED) is 0.143. The molecule has 342 valence electrons. The number of hydrogen-bond acceptors (Lipinski definition) is 2. The molecule has 1 aliphatic rings. The van der Waals surface area contributed by atoms with Crippen LogP contribution in [0.15, 0.2) is 290 Å². The zero-order valence-corrected chi connectivity index (χ0v) is 40.0. The number of fused-ring (bicyclic) bond motifs is 7. The molecule has 0 radical (unpaired) electrons. The topological polar surface area (TPSA) is 16.4 Å². The average Bonchev–Trinajstić information content (AvgIpc) is 4.01. The molecule has 0 spiro atoms. The van der Waals surface area contributed by atoms with Crippen molar-refractivity contribution < 1.29 is 4.42 Å². The summed E-state index contributed by atoms with van der Waals surface area (Å²) >= 11 is 0. The molecule has 1 heterocycles. The van der Waals surface area contributed by atoms with Crippen LogP contribution >= 0.6 is 0 Å². The van der Waals surface area contributed by atoms with Gasteiger partial charge in [0.15, 0.2) is 0 Å². The average molecular weight is 930 g/mol. The summed E-state index contributed by atoms with van der Waals surface area (Å²) in [6.07, 6.45) is 0. The van der Waals surface area contributed by atoms with Crippen molar-refractivity contribution in [2.45, 2.75) is 5.41 Å². The molecule has 1 aromatic heterocycles. The van der Waals surface area contributed by atoms with E-state index in [0.717, 1.165) is 61.3 Å². The third-order valence-electron chi connectivity index (χ3n) is 15.2. The SMILES string of the molecule is c1ccc(C2(c3ccccc3)c3ccccc3-c3c(-c4ccc(N(c5ccc(-c6ccc(-c7cccc8ccccc78)cc6)cc5)c5ccccc5-c5cccc6oc7ccccc7c56)cc4)cccc32)cc1. The van der Waals surface area contributed by atoms with Crippen LogP contribution in [0.2, 0.25) is 0 Å². The van der Waals surface area contributed by atoms with Gasteiger partial charge in [0.25, 0.3) is 0 Å². The van der Waals surface area contributed by atoms with Gasteiger partial charge in [-0.25, -0.2) is 0 Å². The maximum absolute atomic E-state index is 6.45. The van der Waals surface area contributed by atoms with E-state index in [2.05, 4.69) is 284 Å². The minimum atomic E-state index is -0.473. The molecule has 12 aromatic carbocycles. The zero-order valence-electron chi connectivity index (χ0n) is 40.0. The Labute approximate surface area is 425 Å². The lowest BCUT2D eigenvalue weighted by atomic mass is 9.67. The van der Waals surface area contributed by atoms with Gasteiger partial charge in [-0.15, -0.1) is 0 Å². The summed E-state index contributed by atoms with van der Waals surface area (Å²) in [5.41, 5.74) is 21.6. The molecule has 0 bridgehead atoms. The minimum Gasteiger partial charge on any atom is -0.456 e. The Morgan fingerprint density at radius 1 is 0.288 bits per heavy atom. The fourth-order valence-corrected chi connectivity index (χ4v) is 12.0. The van der Waals surface area contributed by atoms with Gasteiger partial charge in [-0.1, -0.05) is 243 Å². The number of hydrogen-bond donors (Lipinski definition) is 0. The molecular formula is C71H47NO. The van der Waals surface area contributed by atoms with E-state index in [1.807, 2.05) is 6.07 Å². The van der Waals surface area contributed by atoms with E-state index >= 15 is 0 Å². The summed E-state index contributed by atoms with van der Waals surface area (Å²) in [6, 6.07) is 104. The van der Waals surface area contributed by atoms with Crippen LogP contribution in [0.3, 0.4) is 0 Å². The highest BCUT2D eigenvalue weighted by Gasteiger charge is 2.46. The van der Waals surface area contributed by atoms with Crippen molar-refractivity contribution in [1.29, 1.82) is 0 Å². The number of anilines is 3. The third kappa shape index (κ3) is 6.87. The van der Waals surface area contributed by atoms with Gasteiger partial charge >= 0.3 is 0 Å². The summed E-state index contributed by atoms with van der Waals surface area (Å²) in [5, 5.41) is 4.73. The lowest BCUT2D eigenvalue weighted by Crippen LogP contribution is -2.28. The number of rotatable bonds is 9. The summed E-state index contributed by atoms with van der Waals surface area (Å²) in [6.45, 7) is 0. The van der Waals surface area contributed by atoms with Crippen LogP contribution in [0.25, 0.3) is 88.3 Å². The van der Waals surface area contributed by atoms with Gasteiger partial charge in [-0.2, -0.15) is 0 Å². The Hall–Kier alpha value is -9.50. The highest BCUT2D eigenvalue weighted by molar-refractivity contribution is 6.14. The van der Waals surface area contributed by atoms with Crippen LogP contribution in [0.1, 0.15) is 22.3 Å². The van der Waals surface area contributed by atoms with Gasteiger partial charge in [-0.3, -0.25) is 0 Å². The van der Waals surface area contributed by atoms with Crippen molar-refractivity contribution in [3.63, 3.8) is 0 Å². The maximum atomic E-state index is 6.45. The summed E-state index contributed by atoms with van der Waals surface area (Å²) in [4.78, 5) is 2.41. The molecule has 0 unspecified atom stereocenters. The molecule has 1 aliphatic carbocycles. The van der Waals surface area contributed by atoms with Crippen molar-refractivity contribution in [2.24, 2.45) is 0 Å². The normalized spacial score (nSPS) is 12.5. The molecule has 0 atom stereocenters. The number of furan rings is 1. The smallest absolute Gasteiger partial charge is 0.136 e. The first-order valence-electron chi connectivity index (χ1n) is 25.2. The molecule has 0 N–H and O–H groups in total. The molecule has 2 heteroatoms. The molecule has 0 aliphatic heterocycles. The second kappa shape index (κ2) is 17.4. The molecule has 14 rings (SSSR count). The molecule has 73 heavy (non-hydrogen) atoms. The van der Waals surface area contributed by atoms with Crippen LogP contribution < -0.4 is 4.90 Å². The van der Waals surface area contributed by atoms with Crippen LogP contribution in [0.4, 0.5) is 17.1 Å². The first kappa shape index (κ1) is 42.4. The van der Waals surface area contributed by atoms with Crippen molar-refractivity contribution in [2.75, 3.05) is 4.90 Å². The molecule has 0 saturated heterocycles. The maximum Gasteiger partial charge on any atom is 0.136 e. The van der Waals surface area contributed by atoms with Crippen LogP contribution in [-0.2, 0) is 5.41 Å². The van der Waals surface area contributed by atoms with Crippen molar-refractivity contribution in [3.05, 3.63) is 307 Å². The lowest BCUT2D eigenvalue weighted by Gasteiger charge is -2.34. The Balaban J connectivity index is 0.901. The fourth-order valence-electron chi connectivity index (χ4n) is 12.0. The standard InChI is InChI=1S/C71H47NO/c1-3-20-53(21-4-1)71(54-22-5-2-6-23-54)64-31-12-9-26-62(64)69-59(29-16-32-65(69)71)52-42-46-56(47-43-52)72(66-33-13-10-25-60(66)61-30-17-35-68-70(61)63-27-11-14-34-67(63)73-68)55-44-40-49(41-45-55)48-36-38-51(39-37-48)58-28-15-19-50-18-7-8-24-57(50)58/h1-47H. The molecule has 0 saturated carbocycles. The lowest BCUT2D eigenvalue weighted by molar-refractivity contribution is 0.669. The minimum absolute atomic E-state index is 0.473. The van der Waals surface area contributed by atoms with Gasteiger partial charge in [0.2, 0.25) is 0 Å². The predicted molar refractivity (Wildman–Crippen MR) is 305 cm³/mol. The Bertz CT molecular complexity index is 4130. The van der Waals surface area contributed by atoms with Gasteiger partial charge < -0.3 is 9.32 Å². The number of benzene rings is 12. The molecule has 2 nitrogen and oxygen atoms in total. The van der Waals surface area contributed by atoms with Crippen LogP contribution in [0, 0.1) is 0 Å². The number of nitrogens with zero attached hydrogens (tertiary/aromatic N) is 1. The van der Waals surface area contributed by atoms with Gasteiger partial charge in [0.05, 0.1) is 11.1 Å². The molecule has 0 amide bonds. The van der Waals surface area contributed by atoms with Gasteiger partial charge in [0, 0.05) is 27.7 Å². The van der Waals surface area contributed by atoms with E-state index in [0.29, 0.717) is 0 Å². The summed E-state index contributed by atoms with van der Waals surface area (Å²) in [7, 11) is 0. The van der Waals surface area contributed by atoms with Crippen molar-refractivity contribution in [1.82, 2.24) is 0 Å². The predicted octanol–water partition coefficient (Wildman–Crippen LogP) is 19.2. The van der Waals surface area contributed by atoms with Gasteiger partial charge in [-0.05, 0) is 126 Å². The van der Waals surface area contributed by atoms with E-state index in [-0.39, 0.29) is 0 Å². The first-order valence-corrected chi connectivity index (χ1v) is 25.2. The second-order valence-electron chi connectivity index (χ2n) is 19.1. The van der Waals surface area contributed by atoms with E-state index in [4.69, 9.17) is 4.42 Å². The third-order valence-corrected chi connectivity index (χ3v) is 15.2. The Morgan fingerprint density at radius 2 is 0.753 bits per heavy atom. The van der Waals surface area contributed by atoms with E-state index < -0.39 is 5.41 Å². The molecule has 13 aromatic rings. The fraction of sp³-hybridized carbons (Fsp3) is 0.0141. The monoisotopic (exact) mass is 929 g/mol. The zero-order chi connectivity index (χ0) is 48.3. The highest BCUT2D eigenvalue weighted by atomic mass is 16.3. The Kier molecular flexibility index (Phi) is 10.1.